The third kappa shape index (κ3) is 5.20. The summed E-state index contributed by atoms with van der Waals surface area (Å²) in [6.45, 7) is 4.03. The van der Waals surface area contributed by atoms with E-state index < -0.39 is 5.97 Å². The van der Waals surface area contributed by atoms with Gasteiger partial charge in [0, 0.05) is 19.6 Å². The van der Waals surface area contributed by atoms with Crippen LogP contribution >= 0.6 is 0 Å². The third-order valence-corrected chi connectivity index (χ3v) is 5.26. The lowest BCUT2D eigenvalue weighted by Gasteiger charge is -2.36. The van der Waals surface area contributed by atoms with Gasteiger partial charge in [0.15, 0.2) is 0 Å². The highest BCUT2D eigenvalue weighted by Crippen LogP contribution is 2.30. The number of hydrogen-bond donors (Lipinski definition) is 2. The van der Waals surface area contributed by atoms with Crippen molar-refractivity contribution in [3.8, 4) is 0 Å². The number of carboxylic acid groups (broad SMARTS) is 1. The molecule has 1 aromatic carbocycles. The molecule has 2 aliphatic rings. The lowest BCUT2D eigenvalue weighted by molar-refractivity contribution is -0.138. The molecular weight excluding hydrogens is 346 g/mol. The minimum atomic E-state index is -0.867. The van der Waals surface area contributed by atoms with Crippen LogP contribution < -0.4 is 5.32 Å². The Bertz CT molecular complexity index is 694. The fourth-order valence-electron chi connectivity index (χ4n) is 3.97. The molecule has 148 valence electrons. The molecule has 0 bridgehead atoms. The Balaban J connectivity index is 1.58. The summed E-state index contributed by atoms with van der Waals surface area (Å²) in [5.41, 5.74) is 3.77. The van der Waals surface area contributed by atoms with Gasteiger partial charge in [0.2, 0.25) is 0 Å². The molecule has 1 fully saturated rings. The predicted molar refractivity (Wildman–Crippen MR) is 102 cm³/mol. The molecular formula is C20H29N3O4. The Labute approximate surface area is 160 Å². The molecule has 2 atom stereocenters. The van der Waals surface area contributed by atoms with Gasteiger partial charge in [-0.25, -0.2) is 4.79 Å². The Morgan fingerprint density at radius 3 is 3.00 bits per heavy atom. The number of carboxylic acids is 1. The molecule has 2 N–H and O–H groups in total. The molecule has 0 aromatic heterocycles. The standard InChI is InChI=1S/C20H29N3O4/c1-14-6-7-15-4-3-5-18(17(15)10-14)21-20(26)23-8-9-27-16(12-23)11-22(2)13-19(24)25/h6-7,10,16,18H,3-5,8-9,11-13H2,1-2H3,(H,21,26)(H,24,25)/t16?,18-/m0/s1. The predicted octanol–water partition coefficient (Wildman–Crippen LogP) is 1.80. The van der Waals surface area contributed by atoms with E-state index in [0.717, 1.165) is 19.3 Å². The minimum Gasteiger partial charge on any atom is -0.480 e. The first-order valence-electron chi connectivity index (χ1n) is 9.59. The summed E-state index contributed by atoms with van der Waals surface area (Å²) in [5, 5.41) is 12.1. The van der Waals surface area contributed by atoms with Crippen molar-refractivity contribution in [2.24, 2.45) is 0 Å². The van der Waals surface area contributed by atoms with Crippen LogP contribution in [0.2, 0.25) is 0 Å². The van der Waals surface area contributed by atoms with Gasteiger partial charge in [-0.2, -0.15) is 0 Å². The number of hydrogen-bond acceptors (Lipinski definition) is 4. The molecule has 1 saturated heterocycles. The van der Waals surface area contributed by atoms with Crippen molar-refractivity contribution in [2.75, 3.05) is 39.8 Å². The lowest BCUT2D eigenvalue weighted by Crippen LogP contribution is -2.53. The topological polar surface area (TPSA) is 82.1 Å². The van der Waals surface area contributed by atoms with E-state index in [2.05, 4.69) is 30.4 Å². The van der Waals surface area contributed by atoms with Gasteiger partial charge in [-0.1, -0.05) is 23.8 Å². The van der Waals surface area contributed by atoms with Crippen LogP contribution in [0.3, 0.4) is 0 Å². The second-order valence-corrected chi connectivity index (χ2v) is 7.63. The number of nitrogens with zero attached hydrogens (tertiary/aromatic N) is 2. The minimum absolute atomic E-state index is 0.0374. The van der Waals surface area contributed by atoms with E-state index in [1.165, 1.54) is 16.7 Å². The molecule has 2 amide bonds. The maximum atomic E-state index is 12.8. The second-order valence-electron chi connectivity index (χ2n) is 7.63. The van der Waals surface area contributed by atoms with E-state index in [9.17, 15) is 9.59 Å². The SMILES string of the molecule is Cc1ccc2c(c1)[C@@H](NC(=O)N1CCOC(CN(C)CC(=O)O)C1)CCC2. The maximum absolute atomic E-state index is 12.8. The highest BCUT2D eigenvalue weighted by atomic mass is 16.5. The summed E-state index contributed by atoms with van der Waals surface area (Å²) in [6, 6.07) is 6.47. The van der Waals surface area contributed by atoms with Gasteiger partial charge in [0.1, 0.15) is 0 Å². The van der Waals surface area contributed by atoms with Gasteiger partial charge in [0.25, 0.3) is 0 Å². The molecule has 7 heteroatoms. The van der Waals surface area contributed by atoms with Crippen molar-refractivity contribution in [1.29, 1.82) is 0 Å². The summed E-state index contributed by atoms with van der Waals surface area (Å²) in [7, 11) is 1.75. The van der Waals surface area contributed by atoms with Crippen molar-refractivity contribution < 1.29 is 19.4 Å². The Morgan fingerprint density at radius 1 is 1.41 bits per heavy atom. The van der Waals surface area contributed by atoms with Crippen LogP contribution in [0.15, 0.2) is 18.2 Å². The number of morpholine rings is 1. The van der Waals surface area contributed by atoms with E-state index in [4.69, 9.17) is 9.84 Å². The molecule has 0 radical (unpaired) electrons. The maximum Gasteiger partial charge on any atom is 0.318 e. The number of fused-ring (bicyclic) bond motifs is 1. The summed E-state index contributed by atoms with van der Waals surface area (Å²) in [6.07, 6.45) is 2.93. The first-order valence-corrected chi connectivity index (χ1v) is 9.59. The van der Waals surface area contributed by atoms with Gasteiger partial charge in [0.05, 0.1) is 25.3 Å². The van der Waals surface area contributed by atoms with Crippen molar-refractivity contribution in [3.05, 3.63) is 34.9 Å². The van der Waals surface area contributed by atoms with E-state index >= 15 is 0 Å². The average Bonchev–Trinajstić information content (AvgIpc) is 2.61. The van der Waals surface area contributed by atoms with E-state index in [-0.39, 0.29) is 24.7 Å². The Morgan fingerprint density at radius 2 is 2.22 bits per heavy atom. The number of carbonyl (C=O) groups is 2. The van der Waals surface area contributed by atoms with Gasteiger partial charge in [-0.05, 0) is 44.4 Å². The van der Waals surface area contributed by atoms with Crippen LogP contribution in [0, 0.1) is 6.92 Å². The van der Waals surface area contributed by atoms with Crippen LogP contribution in [0.25, 0.3) is 0 Å². The molecule has 27 heavy (non-hydrogen) atoms. The quantitative estimate of drug-likeness (QED) is 0.820. The van der Waals surface area contributed by atoms with Gasteiger partial charge >= 0.3 is 12.0 Å². The van der Waals surface area contributed by atoms with Gasteiger partial charge < -0.3 is 20.1 Å². The normalized spacial score (nSPS) is 22.4. The zero-order valence-corrected chi connectivity index (χ0v) is 16.1. The van der Waals surface area contributed by atoms with Crippen molar-refractivity contribution in [1.82, 2.24) is 15.1 Å². The number of likely N-dealkylation sites (N-methyl/N-ethyl adjacent to an activating group) is 1. The summed E-state index contributed by atoms with van der Waals surface area (Å²) >= 11 is 0. The molecule has 7 nitrogen and oxygen atoms in total. The highest BCUT2D eigenvalue weighted by Gasteiger charge is 2.28. The molecule has 3 rings (SSSR count). The number of amides is 2. The van der Waals surface area contributed by atoms with E-state index in [1.54, 1.807) is 16.8 Å². The van der Waals surface area contributed by atoms with E-state index in [0.29, 0.717) is 26.2 Å². The van der Waals surface area contributed by atoms with Crippen LogP contribution in [0.4, 0.5) is 4.79 Å². The highest BCUT2D eigenvalue weighted by molar-refractivity contribution is 5.75. The third-order valence-electron chi connectivity index (χ3n) is 5.26. The molecule has 0 saturated carbocycles. The Hall–Kier alpha value is -2.12. The molecule has 1 unspecified atom stereocenters. The molecule has 0 spiro atoms. The monoisotopic (exact) mass is 375 g/mol. The second kappa shape index (κ2) is 8.71. The number of benzene rings is 1. The summed E-state index contributed by atoms with van der Waals surface area (Å²) in [4.78, 5) is 27.1. The first-order chi connectivity index (χ1) is 12.9. The van der Waals surface area contributed by atoms with Crippen LogP contribution in [0.5, 0.6) is 0 Å². The van der Waals surface area contributed by atoms with E-state index in [1.807, 2.05) is 0 Å². The van der Waals surface area contributed by atoms with Gasteiger partial charge in [-0.15, -0.1) is 0 Å². The van der Waals surface area contributed by atoms with Crippen LogP contribution in [-0.2, 0) is 16.0 Å². The fraction of sp³-hybridized carbons (Fsp3) is 0.600. The molecule has 1 aliphatic carbocycles. The van der Waals surface area contributed by atoms with Crippen molar-refractivity contribution in [3.63, 3.8) is 0 Å². The Kier molecular flexibility index (Phi) is 6.34. The van der Waals surface area contributed by atoms with Crippen LogP contribution in [0.1, 0.15) is 35.6 Å². The lowest BCUT2D eigenvalue weighted by atomic mass is 9.87. The number of aliphatic carboxylic acids is 1. The first kappa shape index (κ1) is 19.6. The molecule has 1 aromatic rings. The number of carbonyl (C=O) groups excluding carboxylic acids is 1. The van der Waals surface area contributed by atoms with Crippen molar-refractivity contribution >= 4 is 12.0 Å². The van der Waals surface area contributed by atoms with Crippen LogP contribution in [-0.4, -0.2) is 72.8 Å². The number of ether oxygens (including phenoxy) is 1. The number of aryl methyl sites for hydroxylation is 2. The fourth-order valence-corrected chi connectivity index (χ4v) is 3.97. The molecule has 1 aliphatic heterocycles. The number of nitrogens with one attached hydrogen (secondary N) is 1. The van der Waals surface area contributed by atoms with Gasteiger partial charge in [-0.3, -0.25) is 9.69 Å². The summed E-state index contributed by atoms with van der Waals surface area (Å²) in [5.74, 6) is -0.867. The molecule has 1 heterocycles. The number of rotatable bonds is 5. The largest absolute Gasteiger partial charge is 0.480 e. The summed E-state index contributed by atoms with van der Waals surface area (Å²) < 4.78 is 5.72. The smallest absolute Gasteiger partial charge is 0.318 e. The van der Waals surface area contributed by atoms with Crippen molar-refractivity contribution in [2.45, 2.75) is 38.3 Å². The average molecular weight is 375 g/mol. The zero-order valence-electron chi connectivity index (χ0n) is 16.1. The zero-order chi connectivity index (χ0) is 19.4. The number of urea groups is 1.